The van der Waals surface area contributed by atoms with E-state index in [1.54, 1.807) is 30.3 Å². The van der Waals surface area contributed by atoms with Crippen LogP contribution < -0.4 is 5.32 Å². The van der Waals surface area contributed by atoms with Crippen LogP contribution in [0.25, 0.3) is 32.3 Å². The third-order valence-corrected chi connectivity index (χ3v) is 7.97. The van der Waals surface area contributed by atoms with Crippen LogP contribution in [0.2, 0.25) is 0 Å². The van der Waals surface area contributed by atoms with Gasteiger partial charge in [0.05, 0.1) is 11.1 Å². The fourth-order valence-electron chi connectivity index (χ4n) is 5.54. The van der Waals surface area contributed by atoms with Crippen molar-refractivity contribution in [3.05, 3.63) is 144 Å². The van der Waals surface area contributed by atoms with Gasteiger partial charge in [-0.25, -0.2) is 9.59 Å². The molecule has 1 amide bonds. The highest BCUT2D eigenvalue weighted by Gasteiger charge is 2.29. The summed E-state index contributed by atoms with van der Waals surface area (Å²) < 4.78 is 11.8. The van der Waals surface area contributed by atoms with Gasteiger partial charge < -0.3 is 14.8 Å². The molecule has 224 valence electrons. The number of benzene rings is 6. The molecule has 0 aliphatic rings. The van der Waals surface area contributed by atoms with E-state index in [0.717, 1.165) is 32.3 Å². The van der Waals surface area contributed by atoms with Crippen molar-refractivity contribution in [2.75, 3.05) is 6.61 Å². The number of hydrogen-bond acceptors (Lipinski definition) is 5. The number of ether oxygens (including phenoxy) is 2. The maximum Gasteiger partial charge on any atom is 0.338 e. The van der Waals surface area contributed by atoms with Crippen molar-refractivity contribution in [2.24, 2.45) is 0 Å². The average Bonchev–Trinajstić information content (AvgIpc) is 3.08. The van der Waals surface area contributed by atoms with E-state index in [1.165, 1.54) is 0 Å². The SMILES string of the molecule is CCC[C@H](OC(=O)c1ccc2ccccc2c1)[C@H](COC(=O)c1ccc2ccccc2c1)NC(=O)c1ccc2ccccc2c1. The summed E-state index contributed by atoms with van der Waals surface area (Å²) in [5.41, 5.74) is 1.26. The second-order valence-electron chi connectivity index (χ2n) is 11.1. The molecule has 0 unspecified atom stereocenters. The number of fused-ring (bicyclic) bond motifs is 3. The van der Waals surface area contributed by atoms with Crippen molar-refractivity contribution in [3.8, 4) is 0 Å². The molecule has 6 aromatic carbocycles. The number of carbonyl (C=O) groups excluding carboxylic acids is 3. The number of carbonyl (C=O) groups is 3. The van der Waals surface area contributed by atoms with Gasteiger partial charge in [0.25, 0.3) is 5.91 Å². The van der Waals surface area contributed by atoms with Crippen molar-refractivity contribution in [2.45, 2.75) is 31.9 Å². The van der Waals surface area contributed by atoms with Gasteiger partial charge >= 0.3 is 11.9 Å². The molecule has 0 spiro atoms. The van der Waals surface area contributed by atoms with Crippen LogP contribution in [-0.4, -0.2) is 36.6 Å². The number of rotatable bonds is 10. The van der Waals surface area contributed by atoms with Gasteiger partial charge in [0, 0.05) is 5.56 Å². The summed E-state index contributed by atoms with van der Waals surface area (Å²) in [6.45, 7) is 1.79. The quantitative estimate of drug-likeness (QED) is 0.162. The molecule has 6 nitrogen and oxygen atoms in total. The van der Waals surface area contributed by atoms with Crippen molar-refractivity contribution < 1.29 is 23.9 Å². The highest BCUT2D eigenvalue weighted by Crippen LogP contribution is 2.21. The van der Waals surface area contributed by atoms with Gasteiger partial charge in [-0.3, -0.25) is 4.79 Å². The molecule has 0 heterocycles. The molecule has 45 heavy (non-hydrogen) atoms. The van der Waals surface area contributed by atoms with Crippen LogP contribution in [-0.2, 0) is 9.47 Å². The Morgan fingerprint density at radius 1 is 0.578 bits per heavy atom. The van der Waals surface area contributed by atoms with Gasteiger partial charge in [0.1, 0.15) is 18.8 Å². The van der Waals surface area contributed by atoms with Crippen LogP contribution in [0.4, 0.5) is 0 Å². The molecule has 0 aliphatic heterocycles. The van der Waals surface area contributed by atoms with Crippen molar-refractivity contribution in [1.29, 1.82) is 0 Å². The molecule has 0 saturated carbocycles. The summed E-state index contributed by atoms with van der Waals surface area (Å²) in [7, 11) is 0. The summed E-state index contributed by atoms with van der Waals surface area (Å²) >= 11 is 0. The van der Waals surface area contributed by atoms with Crippen LogP contribution in [0.5, 0.6) is 0 Å². The predicted octanol–water partition coefficient (Wildman–Crippen LogP) is 8.13. The molecule has 0 aromatic heterocycles. The van der Waals surface area contributed by atoms with E-state index < -0.39 is 24.1 Å². The minimum absolute atomic E-state index is 0.180. The van der Waals surface area contributed by atoms with Crippen molar-refractivity contribution >= 4 is 50.2 Å². The minimum atomic E-state index is -0.794. The van der Waals surface area contributed by atoms with Gasteiger partial charge in [-0.2, -0.15) is 0 Å². The number of hydrogen-bond donors (Lipinski definition) is 1. The third-order valence-electron chi connectivity index (χ3n) is 7.97. The largest absolute Gasteiger partial charge is 0.460 e. The van der Waals surface area contributed by atoms with Crippen LogP contribution >= 0.6 is 0 Å². The predicted molar refractivity (Wildman–Crippen MR) is 177 cm³/mol. The molecule has 6 aromatic rings. The summed E-state index contributed by atoms with van der Waals surface area (Å²) in [4.78, 5) is 40.2. The lowest BCUT2D eigenvalue weighted by molar-refractivity contribution is 0.00326. The normalized spacial score (nSPS) is 12.5. The zero-order valence-corrected chi connectivity index (χ0v) is 24.9. The number of amides is 1. The molecule has 0 bridgehead atoms. The molecular formula is C39H33NO5. The molecule has 0 radical (unpaired) electrons. The van der Waals surface area contributed by atoms with E-state index >= 15 is 0 Å². The summed E-state index contributed by atoms with van der Waals surface area (Å²) in [6.07, 6.45) is 0.384. The molecule has 6 heteroatoms. The maximum atomic E-state index is 13.6. The molecule has 1 N–H and O–H groups in total. The van der Waals surface area contributed by atoms with E-state index in [-0.39, 0.29) is 12.5 Å². The van der Waals surface area contributed by atoms with Crippen LogP contribution in [0.3, 0.4) is 0 Å². The Balaban J connectivity index is 1.25. The Kier molecular flexibility index (Phi) is 8.83. The Bertz CT molecular complexity index is 2020. The van der Waals surface area contributed by atoms with Crippen molar-refractivity contribution in [1.82, 2.24) is 5.32 Å². The van der Waals surface area contributed by atoms with Crippen LogP contribution in [0.1, 0.15) is 50.8 Å². The topological polar surface area (TPSA) is 81.7 Å². The molecule has 6 rings (SSSR count). The second kappa shape index (κ2) is 13.4. The minimum Gasteiger partial charge on any atom is -0.460 e. The fourth-order valence-corrected chi connectivity index (χ4v) is 5.54. The Morgan fingerprint density at radius 2 is 1.02 bits per heavy atom. The van der Waals surface area contributed by atoms with E-state index in [1.807, 2.05) is 104 Å². The zero-order chi connectivity index (χ0) is 31.2. The van der Waals surface area contributed by atoms with Gasteiger partial charge in [-0.15, -0.1) is 0 Å². The van der Waals surface area contributed by atoms with E-state index in [4.69, 9.17) is 9.47 Å². The van der Waals surface area contributed by atoms with Crippen LogP contribution in [0, 0.1) is 0 Å². The monoisotopic (exact) mass is 595 g/mol. The second-order valence-corrected chi connectivity index (χ2v) is 11.1. The lowest BCUT2D eigenvalue weighted by atomic mass is 10.0. The Labute approximate surface area is 261 Å². The highest BCUT2D eigenvalue weighted by molar-refractivity contribution is 5.99. The first-order chi connectivity index (χ1) is 22.0. The average molecular weight is 596 g/mol. The van der Waals surface area contributed by atoms with E-state index in [0.29, 0.717) is 29.5 Å². The number of nitrogens with one attached hydrogen (secondary N) is 1. The highest BCUT2D eigenvalue weighted by atomic mass is 16.6. The Morgan fingerprint density at radius 3 is 1.53 bits per heavy atom. The van der Waals surface area contributed by atoms with Crippen LogP contribution in [0.15, 0.2) is 127 Å². The lowest BCUT2D eigenvalue weighted by Gasteiger charge is -2.28. The molecule has 2 atom stereocenters. The summed E-state index contributed by atoms with van der Waals surface area (Å²) in [6, 6.07) is 38.8. The molecule has 0 aliphatic carbocycles. The first-order valence-electron chi connectivity index (χ1n) is 15.1. The molecular weight excluding hydrogens is 562 g/mol. The van der Waals surface area contributed by atoms with Gasteiger partial charge in [0.15, 0.2) is 0 Å². The van der Waals surface area contributed by atoms with Gasteiger partial charge in [-0.05, 0) is 75.1 Å². The standard InChI is InChI=1S/C39H33NO5/c1-2-9-36(45-39(43)34-21-18-28-12-5-8-15-31(28)24-34)35(40-37(41)32-19-16-26-10-3-6-13-29(26)22-32)25-44-38(42)33-20-17-27-11-4-7-14-30(27)23-33/h3-8,10-24,35-36H,2,9,25H2,1H3,(H,40,41)/t35-,36-/m0/s1. The smallest absolute Gasteiger partial charge is 0.338 e. The van der Waals surface area contributed by atoms with Crippen molar-refractivity contribution in [3.63, 3.8) is 0 Å². The fraction of sp³-hybridized carbons (Fsp3) is 0.154. The zero-order valence-electron chi connectivity index (χ0n) is 24.9. The molecule has 0 saturated heterocycles. The lowest BCUT2D eigenvalue weighted by Crippen LogP contribution is -2.48. The third kappa shape index (κ3) is 6.86. The maximum absolute atomic E-state index is 13.6. The first-order valence-corrected chi connectivity index (χ1v) is 15.1. The van der Waals surface area contributed by atoms with Gasteiger partial charge in [0.2, 0.25) is 0 Å². The van der Waals surface area contributed by atoms with E-state index in [9.17, 15) is 14.4 Å². The number of esters is 2. The summed E-state index contributed by atoms with van der Waals surface area (Å²) in [5, 5.41) is 8.82. The molecule has 0 fully saturated rings. The first kappa shape index (κ1) is 29.6. The summed E-state index contributed by atoms with van der Waals surface area (Å²) in [5.74, 6) is -1.39. The van der Waals surface area contributed by atoms with Gasteiger partial charge in [-0.1, -0.05) is 104 Å². The Hall–Kier alpha value is -5.49. The van der Waals surface area contributed by atoms with E-state index in [2.05, 4.69) is 5.32 Å².